The molecule has 2 rings (SSSR count). The van der Waals surface area contributed by atoms with Gasteiger partial charge in [-0.1, -0.05) is 25.6 Å². The van der Waals surface area contributed by atoms with Gasteiger partial charge in [0.05, 0.1) is 0 Å². The Labute approximate surface area is 115 Å². The Morgan fingerprint density at radius 2 is 2.00 bits per heavy atom. The summed E-state index contributed by atoms with van der Waals surface area (Å²) in [7, 11) is 0. The Hall–Kier alpha value is -1.62. The standard InChI is InChI=1S/C14H15FN2OS/c1-10(2)9-17-8-7-16-13(14(17)18)19-12-5-3-11(15)4-6-12/h3-8,10H,9H2,1-2H3. The van der Waals surface area contributed by atoms with Gasteiger partial charge in [-0.25, -0.2) is 9.37 Å². The number of aromatic nitrogens is 2. The molecule has 0 atom stereocenters. The molecule has 1 heterocycles. The third-order valence-electron chi connectivity index (χ3n) is 2.47. The van der Waals surface area contributed by atoms with Gasteiger partial charge in [-0.3, -0.25) is 4.79 Å². The summed E-state index contributed by atoms with van der Waals surface area (Å²) in [4.78, 5) is 17.1. The van der Waals surface area contributed by atoms with Crippen LogP contribution in [0.5, 0.6) is 0 Å². The lowest BCUT2D eigenvalue weighted by Gasteiger charge is -2.09. The molecule has 0 N–H and O–H groups in total. The number of halogens is 1. The summed E-state index contributed by atoms with van der Waals surface area (Å²) in [5.41, 5.74) is -0.106. The Balaban J connectivity index is 2.25. The molecular formula is C14H15FN2OS. The fourth-order valence-corrected chi connectivity index (χ4v) is 2.46. The molecule has 19 heavy (non-hydrogen) atoms. The van der Waals surface area contributed by atoms with Crippen LogP contribution in [0.15, 0.2) is 51.4 Å². The Bertz CT molecular complexity index is 608. The molecule has 5 heteroatoms. The Morgan fingerprint density at radius 1 is 1.32 bits per heavy atom. The second-order valence-electron chi connectivity index (χ2n) is 4.64. The van der Waals surface area contributed by atoms with Gasteiger partial charge in [0.25, 0.3) is 5.56 Å². The first-order valence-electron chi connectivity index (χ1n) is 6.05. The molecule has 0 aliphatic heterocycles. The summed E-state index contributed by atoms with van der Waals surface area (Å²) in [6.07, 6.45) is 3.31. The van der Waals surface area contributed by atoms with Crippen molar-refractivity contribution >= 4 is 11.8 Å². The maximum absolute atomic E-state index is 12.8. The zero-order chi connectivity index (χ0) is 13.8. The number of rotatable bonds is 4. The molecule has 0 aliphatic rings. The van der Waals surface area contributed by atoms with Crippen LogP contribution < -0.4 is 5.56 Å². The van der Waals surface area contributed by atoms with E-state index in [0.29, 0.717) is 17.5 Å². The minimum atomic E-state index is -0.289. The highest BCUT2D eigenvalue weighted by Crippen LogP contribution is 2.23. The minimum absolute atomic E-state index is 0.106. The van der Waals surface area contributed by atoms with Crippen molar-refractivity contribution < 1.29 is 4.39 Å². The summed E-state index contributed by atoms with van der Waals surface area (Å²) in [6, 6.07) is 6.03. The predicted molar refractivity (Wildman–Crippen MR) is 73.9 cm³/mol. The second kappa shape index (κ2) is 6.02. The lowest BCUT2D eigenvalue weighted by molar-refractivity contribution is 0.502. The average molecular weight is 278 g/mol. The molecule has 0 unspecified atom stereocenters. The lowest BCUT2D eigenvalue weighted by atomic mass is 10.2. The zero-order valence-corrected chi connectivity index (χ0v) is 11.7. The fourth-order valence-electron chi connectivity index (χ4n) is 1.65. The van der Waals surface area contributed by atoms with Crippen LogP contribution in [-0.2, 0) is 6.54 Å². The van der Waals surface area contributed by atoms with Crippen molar-refractivity contribution in [1.82, 2.24) is 9.55 Å². The molecule has 0 saturated carbocycles. The van der Waals surface area contributed by atoms with E-state index in [2.05, 4.69) is 18.8 Å². The minimum Gasteiger partial charge on any atom is -0.311 e. The average Bonchev–Trinajstić information content (AvgIpc) is 2.36. The van der Waals surface area contributed by atoms with Gasteiger partial charge in [0.15, 0.2) is 5.03 Å². The van der Waals surface area contributed by atoms with Crippen LogP contribution >= 0.6 is 11.8 Å². The van der Waals surface area contributed by atoms with Crippen LogP contribution in [0.3, 0.4) is 0 Å². The quantitative estimate of drug-likeness (QED) is 0.861. The zero-order valence-electron chi connectivity index (χ0n) is 10.8. The third kappa shape index (κ3) is 3.67. The van der Waals surface area contributed by atoms with E-state index in [4.69, 9.17) is 0 Å². The normalized spacial score (nSPS) is 10.9. The summed E-state index contributed by atoms with van der Waals surface area (Å²) < 4.78 is 14.5. The van der Waals surface area contributed by atoms with Crippen LogP contribution in [0, 0.1) is 11.7 Å². The molecule has 0 radical (unpaired) electrons. The molecule has 0 aliphatic carbocycles. The van der Waals surface area contributed by atoms with Crippen molar-refractivity contribution in [2.24, 2.45) is 5.92 Å². The first-order valence-corrected chi connectivity index (χ1v) is 6.87. The molecule has 0 fully saturated rings. The van der Waals surface area contributed by atoms with Crippen LogP contribution in [0.2, 0.25) is 0 Å². The van der Waals surface area contributed by atoms with E-state index in [1.165, 1.54) is 23.9 Å². The van der Waals surface area contributed by atoms with Crippen molar-refractivity contribution in [2.45, 2.75) is 30.3 Å². The van der Waals surface area contributed by atoms with Crippen molar-refractivity contribution in [3.8, 4) is 0 Å². The number of benzene rings is 1. The second-order valence-corrected chi connectivity index (χ2v) is 5.70. The van der Waals surface area contributed by atoms with Crippen LogP contribution in [0.4, 0.5) is 4.39 Å². The van der Waals surface area contributed by atoms with Gasteiger partial charge in [-0.2, -0.15) is 0 Å². The number of nitrogens with zero attached hydrogens (tertiary/aromatic N) is 2. The van der Waals surface area contributed by atoms with Gasteiger partial charge in [0, 0.05) is 23.8 Å². The molecule has 0 spiro atoms. The van der Waals surface area contributed by atoms with E-state index in [-0.39, 0.29) is 11.4 Å². The third-order valence-corrected chi connectivity index (χ3v) is 3.45. The van der Waals surface area contributed by atoms with Crippen LogP contribution in [0.25, 0.3) is 0 Å². The molecule has 3 nitrogen and oxygen atoms in total. The van der Waals surface area contributed by atoms with E-state index in [1.54, 1.807) is 29.1 Å². The topological polar surface area (TPSA) is 34.9 Å². The molecule has 100 valence electrons. The maximum Gasteiger partial charge on any atom is 0.283 e. The smallest absolute Gasteiger partial charge is 0.283 e. The summed E-state index contributed by atoms with van der Waals surface area (Å²) in [5.74, 6) is 0.103. The van der Waals surface area contributed by atoms with E-state index >= 15 is 0 Å². The van der Waals surface area contributed by atoms with Gasteiger partial charge in [0.2, 0.25) is 0 Å². The van der Waals surface area contributed by atoms with Crippen molar-refractivity contribution in [3.05, 3.63) is 52.8 Å². The van der Waals surface area contributed by atoms with Gasteiger partial charge >= 0.3 is 0 Å². The van der Waals surface area contributed by atoms with Crippen molar-refractivity contribution in [3.63, 3.8) is 0 Å². The first kappa shape index (κ1) is 13.8. The molecule has 0 amide bonds. The molecule has 1 aromatic heterocycles. The maximum atomic E-state index is 12.8. The summed E-state index contributed by atoms with van der Waals surface area (Å²) in [6.45, 7) is 4.78. The molecule has 0 saturated heterocycles. The van der Waals surface area contributed by atoms with E-state index in [0.717, 1.165) is 4.90 Å². The van der Waals surface area contributed by atoms with Crippen molar-refractivity contribution in [1.29, 1.82) is 0 Å². The van der Waals surface area contributed by atoms with Crippen molar-refractivity contribution in [2.75, 3.05) is 0 Å². The van der Waals surface area contributed by atoms with Crippen LogP contribution in [-0.4, -0.2) is 9.55 Å². The summed E-state index contributed by atoms with van der Waals surface area (Å²) >= 11 is 1.25. The number of hydrogen-bond acceptors (Lipinski definition) is 3. The largest absolute Gasteiger partial charge is 0.311 e. The van der Waals surface area contributed by atoms with E-state index < -0.39 is 0 Å². The monoisotopic (exact) mass is 278 g/mol. The van der Waals surface area contributed by atoms with E-state index in [1.807, 2.05) is 0 Å². The molecule has 2 aromatic rings. The molecular weight excluding hydrogens is 263 g/mol. The lowest BCUT2D eigenvalue weighted by Crippen LogP contribution is -2.23. The Kier molecular flexibility index (Phi) is 4.37. The molecule has 0 bridgehead atoms. The van der Waals surface area contributed by atoms with Crippen LogP contribution in [0.1, 0.15) is 13.8 Å². The molecule has 1 aromatic carbocycles. The predicted octanol–water partition coefficient (Wildman–Crippen LogP) is 3.19. The SMILES string of the molecule is CC(C)Cn1ccnc(Sc2ccc(F)cc2)c1=O. The fraction of sp³-hybridized carbons (Fsp3) is 0.286. The number of hydrogen-bond donors (Lipinski definition) is 0. The highest BCUT2D eigenvalue weighted by molar-refractivity contribution is 7.99. The summed E-state index contributed by atoms with van der Waals surface area (Å²) in [5, 5.41) is 0.412. The van der Waals surface area contributed by atoms with Gasteiger partial charge < -0.3 is 4.57 Å². The van der Waals surface area contributed by atoms with Gasteiger partial charge in [-0.15, -0.1) is 0 Å². The first-order chi connectivity index (χ1) is 9.06. The van der Waals surface area contributed by atoms with Gasteiger partial charge in [0.1, 0.15) is 5.82 Å². The highest BCUT2D eigenvalue weighted by atomic mass is 32.2. The van der Waals surface area contributed by atoms with Gasteiger partial charge in [-0.05, 0) is 30.2 Å². The van der Waals surface area contributed by atoms with E-state index in [9.17, 15) is 9.18 Å². The highest BCUT2D eigenvalue weighted by Gasteiger charge is 2.08. The Morgan fingerprint density at radius 3 is 2.63 bits per heavy atom.